The van der Waals surface area contributed by atoms with Crippen molar-refractivity contribution in [3.05, 3.63) is 112 Å². The van der Waals surface area contributed by atoms with Gasteiger partial charge in [0.15, 0.2) is 0 Å². The van der Waals surface area contributed by atoms with Gasteiger partial charge in [0.1, 0.15) is 0 Å². The summed E-state index contributed by atoms with van der Waals surface area (Å²) < 4.78 is 1.73. The van der Waals surface area contributed by atoms with E-state index in [1.54, 1.807) is 29.2 Å². The average molecular weight is 415 g/mol. The number of nitro benzene ring substituents is 1. The molecule has 0 aliphatic rings. The fourth-order valence-corrected chi connectivity index (χ4v) is 3.24. The Balaban J connectivity index is 1.45. The van der Waals surface area contributed by atoms with Crippen LogP contribution in [0.5, 0.6) is 0 Å². The Morgan fingerprint density at radius 3 is 2.00 bits per heavy atom. The molecule has 156 valence electrons. The lowest BCUT2D eigenvalue weighted by atomic mass is 10.2. The molecule has 9 heteroatoms. The molecule has 4 aromatic rings. The second-order valence-corrected chi connectivity index (χ2v) is 7.12. The number of pyridine rings is 2. The molecule has 0 radical (unpaired) electrons. The molecule has 4 rings (SSSR count). The van der Waals surface area contributed by atoms with Crippen molar-refractivity contribution in [3.63, 3.8) is 0 Å². The summed E-state index contributed by atoms with van der Waals surface area (Å²) in [5.41, 5.74) is 3.76. The van der Waals surface area contributed by atoms with Crippen molar-refractivity contribution in [2.45, 2.75) is 26.2 Å². The first kappa shape index (κ1) is 20.3. The molecule has 31 heavy (non-hydrogen) atoms. The minimum absolute atomic E-state index is 0.0720. The number of rotatable bonds is 9. The summed E-state index contributed by atoms with van der Waals surface area (Å²) in [5.74, 6) is 0. The highest BCUT2D eigenvalue weighted by atomic mass is 16.6. The van der Waals surface area contributed by atoms with Crippen LogP contribution in [0, 0.1) is 10.1 Å². The SMILES string of the molecule is O=[N+]([O-])c1ccc(Cn2cc(CN(Cc3ccccn3)Cc3ccccn3)nn2)cc1. The van der Waals surface area contributed by atoms with Crippen molar-refractivity contribution in [1.29, 1.82) is 0 Å². The van der Waals surface area contributed by atoms with Crippen LogP contribution < -0.4 is 0 Å². The second-order valence-electron chi connectivity index (χ2n) is 7.12. The lowest BCUT2D eigenvalue weighted by molar-refractivity contribution is -0.384. The summed E-state index contributed by atoms with van der Waals surface area (Å²) in [5, 5.41) is 19.3. The maximum atomic E-state index is 10.8. The molecular formula is C22H21N7O2. The quantitative estimate of drug-likeness (QED) is 0.305. The predicted octanol–water partition coefficient (Wildman–Crippen LogP) is 3.23. The summed E-state index contributed by atoms with van der Waals surface area (Å²) in [6.45, 7) is 2.40. The number of hydrogen-bond acceptors (Lipinski definition) is 7. The lowest BCUT2D eigenvalue weighted by Crippen LogP contribution is -2.23. The number of hydrogen-bond donors (Lipinski definition) is 0. The molecule has 0 amide bonds. The van der Waals surface area contributed by atoms with Gasteiger partial charge in [0.05, 0.1) is 34.7 Å². The first-order chi connectivity index (χ1) is 15.2. The molecule has 3 heterocycles. The van der Waals surface area contributed by atoms with E-state index in [2.05, 4.69) is 25.2 Å². The van der Waals surface area contributed by atoms with Crippen LogP contribution in [0.4, 0.5) is 5.69 Å². The van der Waals surface area contributed by atoms with Crippen LogP contribution in [-0.4, -0.2) is 34.8 Å². The number of benzene rings is 1. The van der Waals surface area contributed by atoms with Gasteiger partial charge in [-0.3, -0.25) is 25.0 Å². The molecule has 0 N–H and O–H groups in total. The highest BCUT2D eigenvalue weighted by molar-refractivity contribution is 5.32. The van der Waals surface area contributed by atoms with Crippen molar-refractivity contribution in [2.24, 2.45) is 0 Å². The normalized spacial score (nSPS) is 11.0. The van der Waals surface area contributed by atoms with Gasteiger partial charge >= 0.3 is 0 Å². The summed E-state index contributed by atoms with van der Waals surface area (Å²) in [6, 6.07) is 18.2. The fourth-order valence-electron chi connectivity index (χ4n) is 3.24. The first-order valence-corrected chi connectivity index (χ1v) is 9.80. The van der Waals surface area contributed by atoms with E-state index in [4.69, 9.17) is 0 Å². The predicted molar refractivity (Wildman–Crippen MR) is 114 cm³/mol. The number of non-ortho nitro benzene ring substituents is 1. The highest BCUT2D eigenvalue weighted by Crippen LogP contribution is 2.14. The number of nitrogens with zero attached hydrogens (tertiary/aromatic N) is 7. The molecule has 3 aromatic heterocycles. The molecule has 9 nitrogen and oxygen atoms in total. The van der Waals surface area contributed by atoms with Crippen LogP contribution in [0.25, 0.3) is 0 Å². The molecule has 0 aliphatic carbocycles. The number of aromatic nitrogens is 5. The Hall–Kier alpha value is -3.98. The maximum absolute atomic E-state index is 10.8. The molecule has 0 saturated carbocycles. The van der Waals surface area contributed by atoms with Gasteiger partial charge in [-0.2, -0.15) is 0 Å². The topological polar surface area (TPSA) is 103 Å². The van der Waals surface area contributed by atoms with Gasteiger partial charge in [-0.1, -0.05) is 29.5 Å². The second kappa shape index (κ2) is 9.68. The summed E-state index contributed by atoms with van der Waals surface area (Å²) in [7, 11) is 0. The third-order valence-electron chi connectivity index (χ3n) is 4.69. The Bertz CT molecular complexity index is 1070. The summed E-state index contributed by atoms with van der Waals surface area (Å²) >= 11 is 0. The summed E-state index contributed by atoms with van der Waals surface area (Å²) in [6.07, 6.45) is 5.47. The van der Waals surface area contributed by atoms with Crippen molar-refractivity contribution in [3.8, 4) is 0 Å². The van der Waals surface area contributed by atoms with Crippen LogP contribution in [0.1, 0.15) is 22.6 Å². The molecule has 0 spiro atoms. The monoisotopic (exact) mass is 415 g/mol. The summed E-state index contributed by atoms with van der Waals surface area (Å²) in [4.78, 5) is 21.5. The van der Waals surface area contributed by atoms with E-state index in [-0.39, 0.29) is 5.69 Å². The third kappa shape index (κ3) is 5.77. The smallest absolute Gasteiger partial charge is 0.269 e. The van der Waals surface area contributed by atoms with Gasteiger partial charge in [0.2, 0.25) is 0 Å². The standard InChI is InChI=1S/C22H21N7O2/c30-29(31)22-9-7-18(8-10-22)13-28-17-21(25-26-28)16-27(14-19-5-1-3-11-23-19)15-20-6-2-4-12-24-20/h1-12,17H,13-16H2. The van der Waals surface area contributed by atoms with Gasteiger partial charge in [-0.15, -0.1) is 5.10 Å². The maximum Gasteiger partial charge on any atom is 0.269 e. The molecule has 0 unspecified atom stereocenters. The highest BCUT2D eigenvalue weighted by Gasteiger charge is 2.13. The molecule has 0 bridgehead atoms. The minimum Gasteiger partial charge on any atom is -0.286 e. The van der Waals surface area contributed by atoms with Gasteiger partial charge in [-0.25, -0.2) is 4.68 Å². The third-order valence-corrected chi connectivity index (χ3v) is 4.69. The van der Waals surface area contributed by atoms with E-state index in [0.717, 1.165) is 22.6 Å². The largest absolute Gasteiger partial charge is 0.286 e. The average Bonchev–Trinajstić information content (AvgIpc) is 3.22. The van der Waals surface area contributed by atoms with E-state index >= 15 is 0 Å². The van der Waals surface area contributed by atoms with Crippen LogP contribution >= 0.6 is 0 Å². The fraction of sp³-hybridized carbons (Fsp3) is 0.182. The lowest BCUT2D eigenvalue weighted by Gasteiger charge is -2.20. The Kier molecular flexibility index (Phi) is 6.34. The van der Waals surface area contributed by atoms with E-state index in [9.17, 15) is 10.1 Å². The molecule has 0 saturated heterocycles. The number of nitro groups is 1. The molecular weight excluding hydrogens is 394 g/mol. The van der Waals surface area contributed by atoms with E-state index < -0.39 is 4.92 Å². The minimum atomic E-state index is -0.408. The van der Waals surface area contributed by atoms with Gasteiger partial charge < -0.3 is 0 Å². The van der Waals surface area contributed by atoms with Gasteiger partial charge in [0.25, 0.3) is 5.69 Å². The first-order valence-electron chi connectivity index (χ1n) is 9.80. The van der Waals surface area contributed by atoms with Crippen LogP contribution in [0.15, 0.2) is 79.3 Å². The molecule has 0 fully saturated rings. The van der Waals surface area contributed by atoms with Crippen LogP contribution in [0.2, 0.25) is 0 Å². The van der Waals surface area contributed by atoms with E-state index in [0.29, 0.717) is 26.2 Å². The Morgan fingerprint density at radius 1 is 0.839 bits per heavy atom. The zero-order chi connectivity index (χ0) is 21.5. The van der Waals surface area contributed by atoms with Crippen molar-refractivity contribution in [1.82, 2.24) is 29.9 Å². The van der Waals surface area contributed by atoms with E-state index in [1.807, 2.05) is 42.6 Å². The van der Waals surface area contributed by atoms with Gasteiger partial charge in [-0.05, 0) is 29.8 Å². The van der Waals surface area contributed by atoms with Crippen molar-refractivity contribution >= 4 is 5.69 Å². The molecule has 1 aromatic carbocycles. The zero-order valence-corrected chi connectivity index (χ0v) is 16.8. The van der Waals surface area contributed by atoms with Crippen molar-refractivity contribution in [2.75, 3.05) is 0 Å². The van der Waals surface area contributed by atoms with Crippen molar-refractivity contribution < 1.29 is 4.92 Å². The molecule has 0 atom stereocenters. The van der Waals surface area contributed by atoms with Crippen LogP contribution in [0.3, 0.4) is 0 Å². The molecule has 0 aliphatic heterocycles. The van der Waals surface area contributed by atoms with Gasteiger partial charge in [0, 0.05) is 44.2 Å². The Labute approximate surface area is 179 Å². The van der Waals surface area contributed by atoms with Crippen LogP contribution in [-0.2, 0) is 26.2 Å². The van der Waals surface area contributed by atoms with E-state index in [1.165, 1.54) is 12.1 Å². The Morgan fingerprint density at radius 2 is 1.45 bits per heavy atom. The zero-order valence-electron chi connectivity index (χ0n) is 16.8.